The third-order valence-electron chi connectivity index (χ3n) is 5.74. The van der Waals surface area contributed by atoms with Crippen LogP contribution in [-0.2, 0) is 14.8 Å². The molecule has 0 unspecified atom stereocenters. The van der Waals surface area contributed by atoms with Crippen molar-refractivity contribution in [3.05, 3.63) is 59.1 Å². The highest BCUT2D eigenvalue weighted by Crippen LogP contribution is 2.33. The Hall–Kier alpha value is -2.78. The number of nitrogens with one attached hydrogen (secondary N) is 1. The summed E-state index contributed by atoms with van der Waals surface area (Å²) in [4.78, 5) is 24.4. The second-order valence-corrected chi connectivity index (χ2v) is 10.6. The van der Waals surface area contributed by atoms with Gasteiger partial charge in [0.1, 0.15) is 11.9 Å². The maximum Gasteiger partial charge on any atom is 0.263 e. The largest absolute Gasteiger partial charge is 0.340 e. The molecule has 2 aliphatic rings. The van der Waals surface area contributed by atoms with Crippen LogP contribution in [0.25, 0.3) is 10.2 Å². The number of amides is 1. The molecule has 2 aromatic carbocycles. The number of aliphatic imine (C=N–C) groups is 1. The number of carbonyl (C=O) groups is 1. The highest BCUT2D eigenvalue weighted by Gasteiger charge is 2.33. The first-order chi connectivity index (χ1) is 14.9. The van der Waals surface area contributed by atoms with E-state index in [4.69, 9.17) is 4.98 Å². The summed E-state index contributed by atoms with van der Waals surface area (Å²) in [6, 6.07) is 14.1. The van der Waals surface area contributed by atoms with Crippen molar-refractivity contribution >= 4 is 43.3 Å². The molecule has 9 heteroatoms. The minimum absolute atomic E-state index is 0.0955. The van der Waals surface area contributed by atoms with Crippen LogP contribution in [0.15, 0.2) is 58.4 Å². The van der Waals surface area contributed by atoms with Crippen molar-refractivity contribution in [1.82, 2.24) is 14.6 Å². The molecule has 1 saturated heterocycles. The Bertz CT molecular complexity index is 1270. The maximum atomic E-state index is 13.1. The van der Waals surface area contributed by atoms with Crippen LogP contribution in [0.3, 0.4) is 0 Å². The molecule has 1 N–H and O–H groups in total. The second-order valence-electron chi connectivity index (χ2n) is 7.90. The number of sulfonamides is 1. The van der Waals surface area contributed by atoms with E-state index in [1.807, 2.05) is 23.1 Å². The van der Waals surface area contributed by atoms with Gasteiger partial charge in [-0.1, -0.05) is 24.3 Å². The van der Waals surface area contributed by atoms with Crippen molar-refractivity contribution < 1.29 is 13.2 Å². The SMILES string of the molecule is C[C@H](N=C1NS(=O)(=O)c2ccccc21)C(=O)N1CCC[C@H](c2nc3ccccc3s2)C1. The van der Waals surface area contributed by atoms with Crippen LogP contribution in [0, 0.1) is 0 Å². The number of hydrogen-bond acceptors (Lipinski definition) is 6. The quantitative estimate of drug-likeness (QED) is 0.658. The topological polar surface area (TPSA) is 91.7 Å². The third-order valence-corrected chi connectivity index (χ3v) is 8.33. The molecule has 0 aliphatic carbocycles. The molecule has 0 bridgehead atoms. The van der Waals surface area contributed by atoms with E-state index < -0.39 is 16.1 Å². The van der Waals surface area contributed by atoms with Crippen LogP contribution in [-0.4, -0.2) is 49.2 Å². The van der Waals surface area contributed by atoms with Gasteiger partial charge in [-0.3, -0.25) is 14.5 Å². The lowest BCUT2D eigenvalue weighted by Crippen LogP contribution is -2.43. The van der Waals surface area contributed by atoms with Crippen LogP contribution in [0.4, 0.5) is 0 Å². The number of benzene rings is 2. The van der Waals surface area contributed by atoms with E-state index in [1.165, 1.54) is 0 Å². The number of para-hydroxylation sites is 1. The molecule has 1 fully saturated rings. The molecular formula is C22H22N4O3S2. The number of amidine groups is 1. The van der Waals surface area contributed by atoms with Gasteiger partial charge in [0.2, 0.25) is 5.91 Å². The molecule has 160 valence electrons. The zero-order valence-corrected chi connectivity index (χ0v) is 18.6. The lowest BCUT2D eigenvalue weighted by molar-refractivity contribution is -0.133. The van der Waals surface area contributed by atoms with E-state index in [0.717, 1.165) is 28.1 Å². The van der Waals surface area contributed by atoms with Crippen molar-refractivity contribution in [2.45, 2.75) is 36.6 Å². The van der Waals surface area contributed by atoms with Crippen molar-refractivity contribution in [3.8, 4) is 0 Å². The summed E-state index contributed by atoms with van der Waals surface area (Å²) in [6.45, 7) is 3.00. The first-order valence-electron chi connectivity index (χ1n) is 10.3. The fourth-order valence-electron chi connectivity index (χ4n) is 4.19. The van der Waals surface area contributed by atoms with Gasteiger partial charge in [0.25, 0.3) is 10.0 Å². The molecule has 2 atom stereocenters. The van der Waals surface area contributed by atoms with Gasteiger partial charge in [0.05, 0.1) is 20.1 Å². The third kappa shape index (κ3) is 3.72. The molecule has 2 aliphatic heterocycles. The van der Waals surface area contributed by atoms with Crippen molar-refractivity contribution in [1.29, 1.82) is 0 Å². The number of nitrogens with zero attached hydrogens (tertiary/aromatic N) is 3. The van der Waals surface area contributed by atoms with E-state index in [0.29, 0.717) is 18.7 Å². The molecule has 0 spiro atoms. The van der Waals surface area contributed by atoms with Gasteiger partial charge in [0, 0.05) is 24.6 Å². The molecule has 1 aromatic heterocycles. The molecule has 0 radical (unpaired) electrons. The number of carbonyl (C=O) groups excluding carboxylic acids is 1. The van der Waals surface area contributed by atoms with E-state index in [1.54, 1.807) is 42.5 Å². The van der Waals surface area contributed by atoms with Gasteiger partial charge in [-0.25, -0.2) is 13.4 Å². The number of hydrogen-bond donors (Lipinski definition) is 1. The standard InChI is InChI=1S/C22H22N4O3S2/c1-14(23-20-16-8-2-5-11-19(16)31(28,29)25-20)22(27)26-12-6-7-15(13-26)21-24-17-9-3-4-10-18(17)30-21/h2-5,8-11,14-15H,6-7,12-13H2,1H3,(H,23,25)/t14-,15-/m0/s1. The van der Waals surface area contributed by atoms with E-state index in [2.05, 4.69) is 15.8 Å². The molecule has 3 aromatic rings. The van der Waals surface area contributed by atoms with E-state index >= 15 is 0 Å². The molecule has 0 saturated carbocycles. The Labute approximate surface area is 184 Å². The predicted molar refractivity (Wildman–Crippen MR) is 121 cm³/mol. The lowest BCUT2D eigenvalue weighted by Gasteiger charge is -2.32. The first kappa shape index (κ1) is 20.1. The van der Waals surface area contributed by atoms with E-state index in [-0.39, 0.29) is 22.6 Å². The van der Waals surface area contributed by atoms with Gasteiger partial charge < -0.3 is 4.90 Å². The number of aromatic nitrogens is 1. The zero-order chi connectivity index (χ0) is 21.6. The molecule has 1 amide bonds. The van der Waals surface area contributed by atoms with Crippen molar-refractivity contribution in [2.75, 3.05) is 13.1 Å². The molecule has 7 nitrogen and oxygen atoms in total. The summed E-state index contributed by atoms with van der Waals surface area (Å²) in [5.74, 6) is 0.346. The Morgan fingerprint density at radius 2 is 2.00 bits per heavy atom. The predicted octanol–water partition coefficient (Wildman–Crippen LogP) is 3.13. The summed E-state index contributed by atoms with van der Waals surface area (Å²) < 4.78 is 28.2. The number of likely N-dealkylation sites (tertiary alicyclic amines) is 1. The number of fused-ring (bicyclic) bond motifs is 2. The molecule has 5 rings (SSSR count). The minimum atomic E-state index is -3.62. The fourth-order valence-corrected chi connectivity index (χ4v) is 6.52. The normalized spacial score (nSPS) is 22.3. The van der Waals surface area contributed by atoms with Crippen molar-refractivity contribution in [3.63, 3.8) is 0 Å². The van der Waals surface area contributed by atoms with Crippen LogP contribution < -0.4 is 4.72 Å². The smallest absolute Gasteiger partial charge is 0.263 e. The number of rotatable bonds is 3. The Kier molecular flexibility index (Phi) is 5.02. The zero-order valence-electron chi connectivity index (χ0n) is 17.0. The lowest BCUT2D eigenvalue weighted by atomic mass is 9.98. The van der Waals surface area contributed by atoms with Gasteiger partial charge in [0.15, 0.2) is 0 Å². The molecule has 31 heavy (non-hydrogen) atoms. The number of piperidine rings is 1. The summed E-state index contributed by atoms with van der Waals surface area (Å²) >= 11 is 1.69. The monoisotopic (exact) mass is 454 g/mol. The summed E-state index contributed by atoms with van der Waals surface area (Å²) in [7, 11) is -3.62. The van der Waals surface area contributed by atoms with Gasteiger partial charge in [-0.15, -0.1) is 11.3 Å². The Balaban J connectivity index is 1.34. The number of thiazole rings is 1. The van der Waals surface area contributed by atoms with Gasteiger partial charge in [-0.2, -0.15) is 0 Å². The van der Waals surface area contributed by atoms with Crippen LogP contribution in [0.5, 0.6) is 0 Å². The first-order valence-corrected chi connectivity index (χ1v) is 12.6. The molecular weight excluding hydrogens is 432 g/mol. The average Bonchev–Trinajstić information content (AvgIpc) is 3.32. The Morgan fingerprint density at radius 3 is 2.84 bits per heavy atom. The van der Waals surface area contributed by atoms with Gasteiger partial charge >= 0.3 is 0 Å². The second kappa shape index (κ2) is 7.72. The van der Waals surface area contributed by atoms with Crippen LogP contribution in [0.1, 0.15) is 36.3 Å². The minimum Gasteiger partial charge on any atom is -0.340 e. The van der Waals surface area contributed by atoms with Crippen LogP contribution >= 0.6 is 11.3 Å². The van der Waals surface area contributed by atoms with Gasteiger partial charge in [-0.05, 0) is 44.0 Å². The summed E-state index contributed by atoms with van der Waals surface area (Å²) in [6.07, 6.45) is 1.91. The van der Waals surface area contributed by atoms with Crippen molar-refractivity contribution in [2.24, 2.45) is 4.99 Å². The Morgan fingerprint density at radius 1 is 1.23 bits per heavy atom. The average molecular weight is 455 g/mol. The highest BCUT2D eigenvalue weighted by atomic mass is 32.2. The summed E-state index contributed by atoms with van der Waals surface area (Å²) in [5, 5.41) is 1.06. The van der Waals surface area contributed by atoms with Crippen LogP contribution in [0.2, 0.25) is 0 Å². The highest BCUT2D eigenvalue weighted by molar-refractivity contribution is 7.90. The maximum absolute atomic E-state index is 13.1. The summed E-state index contributed by atoms with van der Waals surface area (Å²) in [5.41, 5.74) is 1.51. The molecule has 3 heterocycles. The van der Waals surface area contributed by atoms with E-state index in [9.17, 15) is 13.2 Å². The fraction of sp³-hybridized carbons (Fsp3) is 0.318.